The zero-order chi connectivity index (χ0) is 20.6. The van der Waals surface area contributed by atoms with E-state index in [4.69, 9.17) is 4.74 Å². The highest BCUT2D eigenvalue weighted by atomic mass is 19.4. The smallest absolute Gasteiger partial charge is 0.416 e. The summed E-state index contributed by atoms with van der Waals surface area (Å²) in [5.41, 5.74) is 0.995. The molecule has 0 saturated heterocycles. The second-order valence-corrected chi connectivity index (χ2v) is 6.64. The zero-order valence-corrected chi connectivity index (χ0v) is 15.0. The van der Waals surface area contributed by atoms with E-state index in [1.54, 1.807) is 24.3 Å². The molecule has 0 bridgehead atoms. The molecule has 1 aliphatic rings. The molecule has 0 spiro atoms. The van der Waals surface area contributed by atoms with Crippen LogP contribution in [0.25, 0.3) is 6.08 Å². The highest BCUT2D eigenvalue weighted by Gasteiger charge is 2.33. The maximum Gasteiger partial charge on any atom is 0.416 e. The highest BCUT2D eigenvalue weighted by Crippen LogP contribution is 2.40. The van der Waals surface area contributed by atoms with Crippen LogP contribution < -0.4 is 4.74 Å². The van der Waals surface area contributed by atoms with E-state index in [0.717, 1.165) is 12.1 Å². The van der Waals surface area contributed by atoms with E-state index >= 15 is 0 Å². The number of hydrogen-bond acceptors (Lipinski definition) is 3. The lowest BCUT2D eigenvalue weighted by Crippen LogP contribution is -2.23. The number of carbonyl (C=O) groups is 1. The molecule has 0 amide bonds. The Morgan fingerprint density at radius 3 is 2.28 bits per heavy atom. The van der Waals surface area contributed by atoms with Gasteiger partial charge in [-0.05, 0) is 41.5 Å². The van der Waals surface area contributed by atoms with Crippen molar-refractivity contribution in [2.24, 2.45) is 0 Å². The van der Waals surface area contributed by atoms with Gasteiger partial charge in [0, 0.05) is 11.6 Å². The molecule has 0 aliphatic carbocycles. The number of benzene rings is 3. The summed E-state index contributed by atoms with van der Waals surface area (Å²) >= 11 is 0. The summed E-state index contributed by atoms with van der Waals surface area (Å²) in [6.07, 6.45) is -3.64. The molecular weight excluding hydrogens is 381 g/mol. The number of halogens is 3. The average molecular weight is 396 g/mol. The molecule has 3 aromatic carbocycles. The number of Topliss-reactive ketones (excluding diaryl/α,β-unsaturated/α-hetero) is 1. The molecule has 146 valence electrons. The van der Waals surface area contributed by atoms with Gasteiger partial charge in [-0.2, -0.15) is 13.2 Å². The van der Waals surface area contributed by atoms with Crippen molar-refractivity contribution in [2.45, 2.75) is 12.3 Å². The van der Waals surface area contributed by atoms with Crippen molar-refractivity contribution in [3.63, 3.8) is 0 Å². The van der Waals surface area contributed by atoms with Gasteiger partial charge in [0.15, 0.2) is 11.9 Å². The molecule has 29 heavy (non-hydrogen) atoms. The van der Waals surface area contributed by atoms with E-state index in [2.05, 4.69) is 0 Å². The maximum absolute atomic E-state index is 13.1. The van der Waals surface area contributed by atoms with Crippen LogP contribution >= 0.6 is 0 Å². The van der Waals surface area contributed by atoms with E-state index in [1.807, 2.05) is 6.07 Å². The first-order valence-electron chi connectivity index (χ1n) is 8.81. The predicted octanol–water partition coefficient (Wildman–Crippen LogP) is 5.81. The number of carbonyl (C=O) groups excluding carboxylic acids is 1. The van der Waals surface area contributed by atoms with Gasteiger partial charge in [-0.25, -0.2) is 0 Å². The van der Waals surface area contributed by atoms with E-state index in [0.29, 0.717) is 16.7 Å². The molecule has 0 saturated carbocycles. The molecular formula is C23H15F3O3. The van der Waals surface area contributed by atoms with Gasteiger partial charge in [0.05, 0.1) is 11.1 Å². The average Bonchev–Trinajstić information content (AvgIpc) is 2.70. The van der Waals surface area contributed by atoms with Gasteiger partial charge in [-0.15, -0.1) is 0 Å². The molecule has 3 aromatic rings. The van der Waals surface area contributed by atoms with Gasteiger partial charge in [0.2, 0.25) is 0 Å². The molecule has 1 unspecified atom stereocenters. The van der Waals surface area contributed by atoms with Crippen molar-refractivity contribution in [2.75, 3.05) is 0 Å². The summed E-state index contributed by atoms with van der Waals surface area (Å²) in [6.45, 7) is 0. The van der Waals surface area contributed by atoms with Crippen molar-refractivity contribution in [3.05, 3.63) is 101 Å². The minimum atomic E-state index is -4.43. The Bertz CT molecular complexity index is 1080. The lowest BCUT2D eigenvalue weighted by atomic mass is 9.89. The maximum atomic E-state index is 13.1. The monoisotopic (exact) mass is 396 g/mol. The lowest BCUT2D eigenvalue weighted by molar-refractivity contribution is -0.137. The molecule has 1 N–H and O–H groups in total. The van der Waals surface area contributed by atoms with E-state index in [9.17, 15) is 23.1 Å². The predicted molar refractivity (Wildman–Crippen MR) is 102 cm³/mol. The van der Waals surface area contributed by atoms with Gasteiger partial charge >= 0.3 is 6.18 Å². The number of fused-ring (bicyclic) bond motifs is 1. The number of ether oxygens (including phenoxy) is 1. The Balaban J connectivity index is 1.80. The normalized spacial score (nSPS) is 17.7. The van der Waals surface area contributed by atoms with Crippen LogP contribution in [0.2, 0.25) is 0 Å². The summed E-state index contributed by atoms with van der Waals surface area (Å²) in [5.74, 6) is -0.0769. The van der Waals surface area contributed by atoms with E-state index in [1.165, 1.54) is 36.4 Å². The third kappa shape index (κ3) is 3.74. The fourth-order valence-electron chi connectivity index (χ4n) is 3.23. The minimum absolute atomic E-state index is 0.0291. The quantitative estimate of drug-likeness (QED) is 0.556. The molecule has 0 fully saturated rings. The second kappa shape index (κ2) is 7.13. The van der Waals surface area contributed by atoms with Crippen LogP contribution in [0.5, 0.6) is 11.5 Å². The molecule has 0 aromatic heterocycles. The van der Waals surface area contributed by atoms with E-state index in [-0.39, 0.29) is 22.8 Å². The number of hydrogen-bond donors (Lipinski definition) is 1. The molecule has 4 rings (SSSR count). The van der Waals surface area contributed by atoms with Crippen LogP contribution in [0.3, 0.4) is 0 Å². The van der Waals surface area contributed by atoms with Crippen LogP contribution in [0.15, 0.2) is 78.4 Å². The molecule has 6 heteroatoms. The number of phenols is 1. The number of aromatic hydroxyl groups is 1. The first kappa shape index (κ1) is 18.8. The zero-order valence-electron chi connectivity index (χ0n) is 15.0. The molecule has 1 atom stereocenters. The Hall–Kier alpha value is -3.54. The van der Waals surface area contributed by atoms with Crippen LogP contribution in [0.4, 0.5) is 13.2 Å². The Kier molecular flexibility index (Phi) is 4.62. The van der Waals surface area contributed by atoms with Gasteiger partial charge in [0.25, 0.3) is 0 Å². The highest BCUT2D eigenvalue weighted by molar-refractivity contribution is 6.14. The first-order chi connectivity index (χ1) is 13.8. The van der Waals surface area contributed by atoms with Crippen molar-refractivity contribution in [1.29, 1.82) is 0 Å². The van der Waals surface area contributed by atoms with Crippen LogP contribution in [-0.2, 0) is 6.18 Å². The van der Waals surface area contributed by atoms with E-state index < -0.39 is 17.8 Å². The number of alkyl halides is 3. The first-order valence-corrected chi connectivity index (χ1v) is 8.81. The Labute approximate surface area is 164 Å². The molecule has 1 heterocycles. The summed E-state index contributed by atoms with van der Waals surface area (Å²) < 4.78 is 44.4. The number of ketones is 1. The lowest BCUT2D eigenvalue weighted by Gasteiger charge is -2.28. The largest absolute Gasteiger partial charge is 0.508 e. The fraction of sp³-hybridized carbons (Fsp3) is 0.0870. The summed E-state index contributed by atoms with van der Waals surface area (Å²) in [6, 6.07) is 17.8. The topological polar surface area (TPSA) is 46.5 Å². The van der Waals surface area contributed by atoms with Crippen molar-refractivity contribution in [3.8, 4) is 11.5 Å². The number of rotatable bonds is 2. The minimum Gasteiger partial charge on any atom is -0.508 e. The van der Waals surface area contributed by atoms with Gasteiger partial charge in [-0.1, -0.05) is 42.5 Å². The van der Waals surface area contributed by atoms with Gasteiger partial charge < -0.3 is 9.84 Å². The van der Waals surface area contributed by atoms with Crippen LogP contribution in [0, 0.1) is 0 Å². The van der Waals surface area contributed by atoms with Gasteiger partial charge in [-0.3, -0.25) is 4.79 Å². The Morgan fingerprint density at radius 2 is 1.62 bits per heavy atom. The standard InChI is InChI=1S/C23H15F3O3/c24-23(25,26)16-8-6-14(7-9-16)12-19-21(28)18-11-10-17(27)13-20(18)29-22(19)15-4-2-1-3-5-15/h1-13,22,27H. The van der Waals surface area contributed by atoms with Crippen LogP contribution in [-0.4, -0.2) is 10.9 Å². The third-order valence-electron chi connectivity index (χ3n) is 4.66. The third-order valence-corrected chi connectivity index (χ3v) is 4.66. The van der Waals surface area contributed by atoms with Crippen molar-refractivity contribution < 1.29 is 27.8 Å². The number of phenolic OH excluding ortho intramolecular Hbond substituents is 1. The molecule has 1 aliphatic heterocycles. The van der Waals surface area contributed by atoms with Crippen molar-refractivity contribution in [1.82, 2.24) is 0 Å². The Morgan fingerprint density at radius 1 is 0.931 bits per heavy atom. The second-order valence-electron chi connectivity index (χ2n) is 6.64. The summed E-state index contributed by atoms with van der Waals surface area (Å²) in [5, 5.41) is 9.73. The molecule has 3 nitrogen and oxygen atoms in total. The fourth-order valence-corrected chi connectivity index (χ4v) is 3.23. The molecule has 0 radical (unpaired) electrons. The SMILES string of the molecule is O=C1C(=Cc2ccc(C(F)(F)F)cc2)C(c2ccccc2)Oc2cc(O)ccc21. The van der Waals surface area contributed by atoms with Crippen molar-refractivity contribution >= 4 is 11.9 Å². The van der Waals surface area contributed by atoms with Gasteiger partial charge in [0.1, 0.15) is 11.5 Å². The van der Waals surface area contributed by atoms with Crippen LogP contribution in [0.1, 0.15) is 33.2 Å². The summed E-state index contributed by atoms with van der Waals surface area (Å²) in [7, 11) is 0. The summed E-state index contributed by atoms with van der Waals surface area (Å²) in [4.78, 5) is 13.1.